The van der Waals surface area contributed by atoms with Gasteiger partial charge >= 0.3 is 12.1 Å². The van der Waals surface area contributed by atoms with Gasteiger partial charge in [0.25, 0.3) is 5.91 Å². The van der Waals surface area contributed by atoms with Crippen LogP contribution in [0.15, 0.2) is 30.5 Å². The van der Waals surface area contributed by atoms with Gasteiger partial charge in [0.15, 0.2) is 5.69 Å². The number of amides is 1. The molecule has 1 aromatic heterocycles. The molecular formula is C20H23F3N4O3. The van der Waals surface area contributed by atoms with E-state index in [1.165, 1.54) is 31.2 Å². The number of hydrogen-bond donors (Lipinski definition) is 0. The third-order valence-electron chi connectivity index (χ3n) is 4.90. The molecule has 162 valence electrons. The molecule has 7 nitrogen and oxygen atoms in total. The van der Waals surface area contributed by atoms with Crippen LogP contribution in [0.4, 0.5) is 13.2 Å². The normalized spacial score (nSPS) is 15.7. The lowest BCUT2D eigenvalue weighted by atomic mass is 10.1. The maximum absolute atomic E-state index is 13.6. The topological polar surface area (TPSA) is 67.7 Å². The summed E-state index contributed by atoms with van der Waals surface area (Å²) in [4.78, 5) is 28.5. The van der Waals surface area contributed by atoms with E-state index in [0.717, 1.165) is 25.7 Å². The zero-order chi connectivity index (χ0) is 21.9. The average molecular weight is 424 g/mol. The molecule has 0 N–H and O–H groups in total. The molecule has 1 fully saturated rings. The van der Waals surface area contributed by atoms with E-state index < -0.39 is 23.4 Å². The lowest BCUT2D eigenvalue weighted by Crippen LogP contribution is -2.34. The predicted molar refractivity (Wildman–Crippen MR) is 103 cm³/mol. The highest BCUT2D eigenvalue weighted by molar-refractivity contribution is 5.94. The van der Waals surface area contributed by atoms with E-state index in [9.17, 15) is 22.8 Å². The summed E-state index contributed by atoms with van der Waals surface area (Å²) >= 11 is 0. The number of nitrogens with zero attached hydrogens (tertiary/aromatic N) is 4. The van der Waals surface area contributed by atoms with Crippen molar-refractivity contribution in [3.05, 3.63) is 47.3 Å². The number of ether oxygens (including phenoxy) is 1. The minimum atomic E-state index is -4.81. The molecular weight excluding hydrogens is 401 g/mol. The zero-order valence-corrected chi connectivity index (χ0v) is 16.8. The number of hydrogen-bond acceptors (Lipinski definition) is 5. The van der Waals surface area contributed by atoms with Crippen molar-refractivity contribution in [2.75, 3.05) is 39.8 Å². The van der Waals surface area contributed by atoms with Crippen LogP contribution in [0.5, 0.6) is 0 Å². The average Bonchev–Trinajstić information content (AvgIpc) is 3.05. The molecule has 0 bridgehead atoms. The van der Waals surface area contributed by atoms with Gasteiger partial charge in [0.1, 0.15) is 5.56 Å². The molecule has 30 heavy (non-hydrogen) atoms. The van der Waals surface area contributed by atoms with E-state index in [2.05, 4.69) is 10.00 Å². The summed E-state index contributed by atoms with van der Waals surface area (Å²) in [5.74, 6) is -1.26. The summed E-state index contributed by atoms with van der Waals surface area (Å²) in [7, 11) is 2.00. The minimum Gasteiger partial charge on any atom is -0.462 e. The summed E-state index contributed by atoms with van der Waals surface area (Å²) in [6.07, 6.45) is -3.11. The second-order valence-corrected chi connectivity index (χ2v) is 7.03. The number of rotatable bonds is 4. The molecule has 0 spiro atoms. The van der Waals surface area contributed by atoms with Gasteiger partial charge in [0.2, 0.25) is 0 Å². The Morgan fingerprint density at radius 1 is 1.10 bits per heavy atom. The quantitative estimate of drug-likeness (QED) is 0.707. The number of esters is 1. The van der Waals surface area contributed by atoms with Crippen LogP contribution in [0.2, 0.25) is 0 Å². The molecule has 2 heterocycles. The van der Waals surface area contributed by atoms with Crippen LogP contribution >= 0.6 is 0 Å². The van der Waals surface area contributed by atoms with Crippen LogP contribution < -0.4 is 0 Å². The second-order valence-electron chi connectivity index (χ2n) is 7.03. The second kappa shape index (κ2) is 8.86. The smallest absolute Gasteiger partial charge is 0.434 e. The van der Waals surface area contributed by atoms with Crippen molar-refractivity contribution in [3.63, 3.8) is 0 Å². The van der Waals surface area contributed by atoms with Gasteiger partial charge in [-0.25, -0.2) is 9.48 Å². The molecule has 0 radical (unpaired) electrons. The zero-order valence-electron chi connectivity index (χ0n) is 16.8. The van der Waals surface area contributed by atoms with Gasteiger partial charge in [-0.2, -0.15) is 18.3 Å². The van der Waals surface area contributed by atoms with Crippen LogP contribution in [-0.2, 0) is 10.9 Å². The Balaban J connectivity index is 1.87. The highest BCUT2D eigenvalue weighted by atomic mass is 19.4. The molecule has 2 aromatic rings. The molecule has 3 rings (SSSR count). The van der Waals surface area contributed by atoms with Crippen molar-refractivity contribution in [3.8, 4) is 5.69 Å². The lowest BCUT2D eigenvalue weighted by Gasteiger charge is -2.20. The van der Waals surface area contributed by atoms with Crippen molar-refractivity contribution in [2.45, 2.75) is 19.5 Å². The van der Waals surface area contributed by atoms with E-state index in [-0.39, 0.29) is 18.2 Å². The summed E-state index contributed by atoms with van der Waals surface area (Å²) < 4.78 is 46.2. The fourth-order valence-electron chi connectivity index (χ4n) is 3.35. The summed E-state index contributed by atoms with van der Waals surface area (Å²) in [6.45, 7) is 4.36. The standard InChI is InChI=1S/C20H23F3N4O3/c1-3-30-19(29)16-13-24-27(17(16)20(21,22)23)15-7-5-14(6-8-15)18(28)26-10-4-9-25(2)11-12-26/h5-8,13H,3-4,9-12H2,1-2H3. The van der Waals surface area contributed by atoms with Gasteiger partial charge in [-0.3, -0.25) is 4.79 Å². The molecule has 0 unspecified atom stereocenters. The third kappa shape index (κ3) is 4.64. The van der Waals surface area contributed by atoms with Crippen LogP contribution in [0.1, 0.15) is 39.8 Å². The summed E-state index contributed by atoms with van der Waals surface area (Å²) in [6, 6.07) is 5.71. The molecule has 0 atom stereocenters. The Morgan fingerprint density at radius 3 is 2.43 bits per heavy atom. The highest BCUT2D eigenvalue weighted by Gasteiger charge is 2.41. The van der Waals surface area contributed by atoms with E-state index in [1.54, 1.807) is 4.90 Å². The van der Waals surface area contributed by atoms with Crippen molar-refractivity contribution in [1.82, 2.24) is 19.6 Å². The molecule has 10 heteroatoms. The number of halogens is 3. The molecule has 0 aliphatic carbocycles. The molecule has 1 saturated heterocycles. The van der Waals surface area contributed by atoms with Gasteiger partial charge in [-0.05, 0) is 51.2 Å². The van der Waals surface area contributed by atoms with E-state index in [4.69, 9.17) is 4.74 Å². The Bertz CT molecular complexity index is 909. The Hall–Kier alpha value is -2.88. The van der Waals surface area contributed by atoms with Gasteiger partial charge in [0, 0.05) is 25.2 Å². The first kappa shape index (κ1) is 21.8. The molecule has 1 aliphatic heterocycles. The number of carbonyl (C=O) groups excluding carboxylic acids is 2. The largest absolute Gasteiger partial charge is 0.462 e. The maximum Gasteiger partial charge on any atom is 0.434 e. The van der Waals surface area contributed by atoms with E-state index in [1.807, 2.05) is 7.05 Å². The number of carbonyl (C=O) groups is 2. The van der Waals surface area contributed by atoms with Crippen molar-refractivity contribution in [1.29, 1.82) is 0 Å². The van der Waals surface area contributed by atoms with Crippen LogP contribution in [0, 0.1) is 0 Å². The number of likely N-dealkylation sites (N-methyl/N-ethyl adjacent to an activating group) is 1. The van der Waals surface area contributed by atoms with E-state index >= 15 is 0 Å². The monoisotopic (exact) mass is 424 g/mol. The van der Waals surface area contributed by atoms with Gasteiger partial charge in [0.05, 0.1) is 18.5 Å². The SMILES string of the molecule is CCOC(=O)c1cnn(-c2ccc(C(=O)N3CCCN(C)CC3)cc2)c1C(F)(F)F. The summed E-state index contributed by atoms with van der Waals surface area (Å²) in [5, 5.41) is 3.74. The van der Waals surface area contributed by atoms with Crippen molar-refractivity contribution >= 4 is 11.9 Å². The first-order chi connectivity index (χ1) is 14.2. The van der Waals surface area contributed by atoms with Crippen molar-refractivity contribution in [2.24, 2.45) is 0 Å². The van der Waals surface area contributed by atoms with Crippen LogP contribution in [0.3, 0.4) is 0 Å². The Kier molecular flexibility index (Phi) is 6.45. The predicted octanol–water partition coefficient (Wildman–Crippen LogP) is 2.85. The Morgan fingerprint density at radius 2 is 1.80 bits per heavy atom. The number of aromatic nitrogens is 2. The maximum atomic E-state index is 13.6. The minimum absolute atomic E-state index is 0.0512. The lowest BCUT2D eigenvalue weighted by molar-refractivity contribution is -0.143. The number of alkyl halides is 3. The van der Waals surface area contributed by atoms with Gasteiger partial charge in [-0.15, -0.1) is 0 Å². The first-order valence-corrected chi connectivity index (χ1v) is 9.63. The van der Waals surface area contributed by atoms with Gasteiger partial charge in [-0.1, -0.05) is 0 Å². The fourth-order valence-corrected chi connectivity index (χ4v) is 3.35. The highest BCUT2D eigenvalue weighted by Crippen LogP contribution is 2.34. The van der Waals surface area contributed by atoms with Crippen LogP contribution in [0.25, 0.3) is 5.69 Å². The third-order valence-corrected chi connectivity index (χ3v) is 4.90. The number of benzene rings is 1. The molecule has 1 aromatic carbocycles. The van der Waals surface area contributed by atoms with E-state index in [0.29, 0.717) is 23.3 Å². The molecule has 0 saturated carbocycles. The summed E-state index contributed by atoms with van der Waals surface area (Å²) in [5.41, 5.74) is -1.39. The fraction of sp³-hybridized carbons (Fsp3) is 0.450. The molecule has 1 amide bonds. The molecule has 1 aliphatic rings. The van der Waals surface area contributed by atoms with Crippen LogP contribution in [-0.4, -0.2) is 71.3 Å². The Labute approximate surface area is 172 Å². The first-order valence-electron chi connectivity index (χ1n) is 9.63. The van der Waals surface area contributed by atoms with Crippen molar-refractivity contribution < 1.29 is 27.5 Å². The van der Waals surface area contributed by atoms with Gasteiger partial charge < -0.3 is 14.5 Å².